The molecule has 4 nitrogen and oxygen atoms in total. The van der Waals surface area contributed by atoms with Crippen LogP contribution >= 0.6 is 27.3 Å². The van der Waals surface area contributed by atoms with Crippen LogP contribution in [0.25, 0.3) is 10.2 Å². The third-order valence-corrected chi connectivity index (χ3v) is 6.18. The zero-order valence-electron chi connectivity index (χ0n) is 15.5. The van der Waals surface area contributed by atoms with Gasteiger partial charge >= 0.3 is 0 Å². The van der Waals surface area contributed by atoms with Gasteiger partial charge in [-0.1, -0.05) is 33.3 Å². The first-order valence-electron chi connectivity index (χ1n) is 8.86. The second-order valence-corrected chi connectivity index (χ2v) is 8.54. The fourth-order valence-corrected chi connectivity index (χ4v) is 4.22. The number of hydrogen-bond donors (Lipinski definition) is 0. The Balaban J connectivity index is 1.78. The third-order valence-electron chi connectivity index (χ3n) is 4.61. The SMILES string of the molecule is Cc1cc2nc(N(Cc3ccccn3)C(=O)c3ccc(Br)cc3)sc2cc1C. The monoisotopic (exact) mass is 451 g/mol. The topological polar surface area (TPSA) is 46.1 Å². The number of benzene rings is 2. The van der Waals surface area contributed by atoms with Gasteiger partial charge in [0.25, 0.3) is 5.91 Å². The second-order valence-electron chi connectivity index (χ2n) is 6.62. The van der Waals surface area contributed by atoms with Crippen molar-refractivity contribution in [3.8, 4) is 0 Å². The number of aromatic nitrogens is 2. The van der Waals surface area contributed by atoms with Crippen LogP contribution in [0.15, 0.2) is 65.3 Å². The summed E-state index contributed by atoms with van der Waals surface area (Å²) in [7, 11) is 0. The standard InChI is InChI=1S/C22H18BrN3OS/c1-14-11-19-20(12-15(14)2)28-22(25-19)26(13-18-5-3-4-10-24-18)21(27)16-6-8-17(23)9-7-16/h3-12H,13H2,1-2H3. The Labute approximate surface area is 176 Å². The molecule has 0 fully saturated rings. The summed E-state index contributed by atoms with van der Waals surface area (Å²) in [6, 6.07) is 17.3. The Kier molecular flexibility index (Phi) is 5.24. The summed E-state index contributed by atoms with van der Waals surface area (Å²) in [5, 5.41) is 0.679. The minimum absolute atomic E-state index is 0.0920. The molecule has 0 aliphatic heterocycles. The van der Waals surface area contributed by atoms with E-state index in [1.807, 2.05) is 42.5 Å². The van der Waals surface area contributed by atoms with Gasteiger partial charge in [0.1, 0.15) is 0 Å². The van der Waals surface area contributed by atoms with Gasteiger partial charge in [0.15, 0.2) is 5.13 Å². The van der Waals surface area contributed by atoms with E-state index >= 15 is 0 Å². The van der Waals surface area contributed by atoms with Crippen molar-refractivity contribution >= 4 is 48.5 Å². The molecule has 28 heavy (non-hydrogen) atoms. The molecule has 0 radical (unpaired) electrons. The van der Waals surface area contributed by atoms with E-state index in [-0.39, 0.29) is 5.91 Å². The van der Waals surface area contributed by atoms with Crippen molar-refractivity contribution in [1.29, 1.82) is 0 Å². The van der Waals surface area contributed by atoms with Crippen molar-refractivity contribution in [1.82, 2.24) is 9.97 Å². The number of hydrogen-bond acceptors (Lipinski definition) is 4. The summed E-state index contributed by atoms with van der Waals surface area (Å²) in [6.45, 7) is 4.53. The van der Waals surface area contributed by atoms with Crippen molar-refractivity contribution in [2.45, 2.75) is 20.4 Å². The number of pyridine rings is 1. The zero-order chi connectivity index (χ0) is 19.7. The summed E-state index contributed by atoms with van der Waals surface area (Å²) >= 11 is 4.95. The van der Waals surface area contributed by atoms with E-state index < -0.39 is 0 Å². The molecule has 2 heterocycles. The molecule has 2 aromatic carbocycles. The number of carbonyl (C=O) groups is 1. The van der Waals surface area contributed by atoms with Crippen LogP contribution < -0.4 is 4.90 Å². The molecule has 140 valence electrons. The molecule has 0 spiro atoms. The molecule has 0 atom stereocenters. The summed E-state index contributed by atoms with van der Waals surface area (Å²) in [4.78, 5) is 24.2. The molecule has 0 aliphatic rings. The van der Waals surface area contributed by atoms with Crippen LogP contribution in [0.5, 0.6) is 0 Å². The number of anilines is 1. The molecule has 0 unspecified atom stereocenters. The number of fused-ring (bicyclic) bond motifs is 1. The zero-order valence-corrected chi connectivity index (χ0v) is 17.9. The molecule has 4 aromatic rings. The summed E-state index contributed by atoms with van der Waals surface area (Å²) in [5.41, 5.74) is 4.76. The lowest BCUT2D eigenvalue weighted by Gasteiger charge is -2.19. The van der Waals surface area contributed by atoms with Crippen LogP contribution in [0.4, 0.5) is 5.13 Å². The number of halogens is 1. The lowest BCUT2D eigenvalue weighted by atomic mass is 10.1. The Hall–Kier alpha value is -2.57. The van der Waals surface area contributed by atoms with Gasteiger partial charge in [-0.15, -0.1) is 0 Å². The van der Waals surface area contributed by atoms with E-state index in [2.05, 4.69) is 46.9 Å². The van der Waals surface area contributed by atoms with Crippen LogP contribution in [0.3, 0.4) is 0 Å². The van der Waals surface area contributed by atoms with Crippen molar-refractivity contribution in [2.75, 3.05) is 4.90 Å². The first kappa shape index (κ1) is 18.8. The number of rotatable bonds is 4. The normalized spacial score (nSPS) is 11.0. The maximum Gasteiger partial charge on any atom is 0.260 e. The number of amides is 1. The van der Waals surface area contributed by atoms with Crippen LogP contribution in [0.1, 0.15) is 27.2 Å². The molecule has 4 rings (SSSR count). The van der Waals surface area contributed by atoms with Crippen LogP contribution in [-0.2, 0) is 6.54 Å². The molecule has 1 amide bonds. The van der Waals surface area contributed by atoms with Gasteiger partial charge in [-0.3, -0.25) is 14.7 Å². The third kappa shape index (κ3) is 3.84. The largest absolute Gasteiger partial charge is 0.278 e. The quantitative estimate of drug-likeness (QED) is 0.386. The highest BCUT2D eigenvalue weighted by Gasteiger charge is 2.22. The van der Waals surface area contributed by atoms with Gasteiger partial charge in [-0.05, 0) is 73.5 Å². The van der Waals surface area contributed by atoms with Gasteiger partial charge in [0, 0.05) is 16.2 Å². The highest BCUT2D eigenvalue weighted by Crippen LogP contribution is 2.32. The highest BCUT2D eigenvalue weighted by atomic mass is 79.9. The molecule has 2 aromatic heterocycles. The first-order chi connectivity index (χ1) is 13.5. The van der Waals surface area contributed by atoms with Crippen LogP contribution in [-0.4, -0.2) is 15.9 Å². The lowest BCUT2D eigenvalue weighted by molar-refractivity contribution is 0.0985. The van der Waals surface area contributed by atoms with Gasteiger partial charge in [0.2, 0.25) is 0 Å². The number of nitrogens with zero attached hydrogens (tertiary/aromatic N) is 3. The lowest BCUT2D eigenvalue weighted by Crippen LogP contribution is -2.30. The fourth-order valence-electron chi connectivity index (χ4n) is 2.91. The molecule has 0 saturated carbocycles. The van der Waals surface area contributed by atoms with Crippen LogP contribution in [0, 0.1) is 13.8 Å². The molecule has 0 saturated heterocycles. The fraction of sp³-hybridized carbons (Fsp3) is 0.136. The van der Waals surface area contributed by atoms with E-state index in [1.54, 1.807) is 11.1 Å². The Morgan fingerprint density at radius 3 is 2.54 bits per heavy atom. The van der Waals surface area contributed by atoms with Gasteiger partial charge in [-0.25, -0.2) is 4.98 Å². The first-order valence-corrected chi connectivity index (χ1v) is 10.5. The summed E-state index contributed by atoms with van der Waals surface area (Å²) in [6.07, 6.45) is 1.74. The van der Waals surface area contributed by atoms with Crippen LogP contribution in [0.2, 0.25) is 0 Å². The van der Waals surface area contributed by atoms with E-state index in [0.717, 1.165) is 20.4 Å². The molecule has 6 heteroatoms. The van der Waals surface area contributed by atoms with Crippen molar-refractivity contribution < 1.29 is 4.79 Å². The number of aryl methyl sites for hydroxylation is 2. The minimum Gasteiger partial charge on any atom is -0.278 e. The maximum absolute atomic E-state index is 13.3. The number of carbonyl (C=O) groups excluding carboxylic acids is 1. The Bertz CT molecular complexity index is 1100. The van der Waals surface area contributed by atoms with E-state index in [9.17, 15) is 4.79 Å². The maximum atomic E-state index is 13.3. The summed E-state index contributed by atoms with van der Waals surface area (Å²) in [5.74, 6) is -0.0920. The molecular weight excluding hydrogens is 434 g/mol. The highest BCUT2D eigenvalue weighted by molar-refractivity contribution is 9.10. The minimum atomic E-state index is -0.0920. The second kappa shape index (κ2) is 7.81. The van der Waals surface area contributed by atoms with Crippen molar-refractivity contribution in [2.24, 2.45) is 0 Å². The van der Waals surface area contributed by atoms with E-state index in [4.69, 9.17) is 4.98 Å². The predicted molar refractivity (Wildman–Crippen MR) is 118 cm³/mol. The van der Waals surface area contributed by atoms with E-state index in [0.29, 0.717) is 17.2 Å². The van der Waals surface area contributed by atoms with Gasteiger partial charge in [0.05, 0.1) is 22.5 Å². The molecular formula is C22H18BrN3OS. The molecule has 0 aliphatic carbocycles. The number of thiazole rings is 1. The van der Waals surface area contributed by atoms with E-state index in [1.165, 1.54) is 22.5 Å². The predicted octanol–water partition coefficient (Wildman–Crippen LogP) is 5.92. The smallest absolute Gasteiger partial charge is 0.260 e. The van der Waals surface area contributed by atoms with Gasteiger partial charge < -0.3 is 0 Å². The average Bonchev–Trinajstić information content (AvgIpc) is 3.09. The van der Waals surface area contributed by atoms with Crippen molar-refractivity contribution in [3.63, 3.8) is 0 Å². The average molecular weight is 452 g/mol. The summed E-state index contributed by atoms with van der Waals surface area (Å²) < 4.78 is 2.01. The van der Waals surface area contributed by atoms with Gasteiger partial charge in [-0.2, -0.15) is 0 Å². The van der Waals surface area contributed by atoms with Crippen molar-refractivity contribution in [3.05, 3.63) is 87.7 Å². The molecule has 0 N–H and O–H groups in total. The Morgan fingerprint density at radius 2 is 1.82 bits per heavy atom. The molecule has 0 bridgehead atoms. The Morgan fingerprint density at radius 1 is 1.07 bits per heavy atom.